The van der Waals surface area contributed by atoms with E-state index in [-0.39, 0.29) is 5.56 Å². The van der Waals surface area contributed by atoms with Gasteiger partial charge in [-0.3, -0.25) is 4.79 Å². The lowest BCUT2D eigenvalue weighted by atomic mass is 10.1. The molecule has 23 heavy (non-hydrogen) atoms. The van der Waals surface area contributed by atoms with Crippen LogP contribution in [0.15, 0.2) is 34.4 Å². The maximum atomic E-state index is 12.5. The van der Waals surface area contributed by atoms with E-state index in [9.17, 15) is 4.79 Å². The Morgan fingerprint density at radius 3 is 2.96 bits per heavy atom. The first-order chi connectivity index (χ1) is 11.2. The van der Waals surface area contributed by atoms with Crippen LogP contribution in [0.4, 0.5) is 0 Å². The lowest BCUT2D eigenvalue weighted by Crippen LogP contribution is -2.11. The van der Waals surface area contributed by atoms with E-state index < -0.39 is 0 Å². The fourth-order valence-electron chi connectivity index (χ4n) is 2.25. The van der Waals surface area contributed by atoms with Gasteiger partial charge in [-0.15, -0.1) is 11.3 Å². The number of aromatic nitrogens is 2. The molecular formula is C16H15ClN2O2S2. The number of hydrogen-bond donors (Lipinski definition) is 1. The number of thiophene rings is 1. The fraction of sp³-hybridized carbons (Fsp3) is 0.250. The van der Waals surface area contributed by atoms with Crippen LogP contribution < -0.4 is 5.56 Å². The van der Waals surface area contributed by atoms with E-state index in [1.165, 1.54) is 11.3 Å². The number of ether oxygens (including phenoxy) is 1. The maximum Gasteiger partial charge on any atom is 0.260 e. The molecule has 0 aliphatic carbocycles. The fourth-order valence-corrected chi connectivity index (χ4v) is 4.20. The van der Waals surface area contributed by atoms with Gasteiger partial charge in [-0.1, -0.05) is 29.8 Å². The van der Waals surface area contributed by atoms with Crippen LogP contribution in [-0.2, 0) is 10.5 Å². The largest absolute Gasteiger partial charge is 0.384 e. The number of aromatic amines is 1. The van der Waals surface area contributed by atoms with Crippen molar-refractivity contribution in [2.45, 2.75) is 5.75 Å². The summed E-state index contributed by atoms with van der Waals surface area (Å²) in [6, 6.07) is 7.52. The van der Waals surface area contributed by atoms with Crippen molar-refractivity contribution in [3.8, 4) is 11.1 Å². The van der Waals surface area contributed by atoms with Crippen molar-refractivity contribution < 1.29 is 4.74 Å². The van der Waals surface area contributed by atoms with E-state index in [0.717, 1.165) is 21.7 Å². The average Bonchev–Trinajstić information content (AvgIpc) is 2.96. The highest BCUT2D eigenvalue weighted by Crippen LogP contribution is 2.34. The summed E-state index contributed by atoms with van der Waals surface area (Å²) in [5, 5.41) is 3.18. The number of fused-ring (bicyclic) bond motifs is 1. The quantitative estimate of drug-likeness (QED) is 0.665. The van der Waals surface area contributed by atoms with Crippen molar-refractivity contribution in [3.63, 3.8) is 0 Å². The van der Waals surface area contributed by atoms with Crippen LogP contribution in [0.5, 0.6) is 0 Å². The number of nitrogens with one attached hydrogen (secondary N) is 1. The van der Waals surface area contributed by atoms with E-state index >= 15 is 0 Å². The molecule has 7 heteroatoms. The second-order valence-corrected chi connectivity index (χ2v) is 7.24. The predicted octanol–water partition coefficient (Wildman–Crippen LogP) is 4.18. The maximum absolute atomic E-state index is 12.5. The summed E-state index contributed by atoms with van der Waals surface area (Å²) in [5.74, 6) is 2.22. The first-order valence-electron chi connectivity index (χ1n) is 7.02. The minimum atomic E-state index is -0.117. The van der Waals surface area contributed by atoms with E-state index in [1.54, 1.807) is 18.9 Å². The van der Waals surface area contributed by atoms with Gasteiger partial charge in [0.1, 0.15) is 10.7 Å². The Balaban J connectivity index is 1.96. The molecule has 1 aromatic carbocycles. The molecule has 0 saturated heterocycles. The molecule has 2 aromatic heterocycles. The van der Waals surface area contributed by atoms with Crippen LogP contribution in [0.25, 0.3) is 21.3 Å². The van der Waals surface area contributed by atoms with E-state index in [4.69, 9.17) is 16.3 Å². The Morgan fingerprint density at radius 1 is 1.35 bits per heavy atom. The molecule has 0 fully saturated rings. The number of H-pyrrole nitrogens is 1. The molecule has 0 spiro atoms. The molecular weight excluding hydrogens is 352 g/mol. The van der Waals surface area contributed by atoms with Crippen LogP contribution in [-0.4, -0.2) is 29.4 Å². The topological polar surface area (TPSA) is 55.0 Å². The molecule has 4 nitrogen and oxygen atoms in total. The molecule has 0 amide bonds. The van der Waals surface area contributed by atoms with Gasteiger partial charge in [-0.2, -0.15) is 11.8 Å². The molecule has 0 radical (unpaired) electrons. The van der Waals surface area contributed by atoms with Crippen molar-refractivity contribution in [2.75, 3.05) is 19.5 Å². The van der Waals surface area contributed by atoms with Crippen molar-refractivity contribution in [1.82, 2.24) is 9.97 Å². The summed E-state index contributed by atoms with van der Waals surface area (Å²) >= 11 is 9.40. The third kappa shape index (κ3) is 3.61. The molecule has 120 valence electrons. The molecule has 3 rings (SSSR count). The molecule has 0 aliphatic heterocycles. The Kier molecular flexibility index (Phi) is 5.38. The summed E-state index contributed by atoms with van der Waals surface area (Å²) in [5.41, 5.74) is 1.58. The molecule has 3 aromatic rings. The molecule has 0 aliphatic rings. The zero-order valence-electron chi connectivity index (χ0n) is 12.5. The number of nitrogens with zero attached hydrogens (tertiary/aromatic N) is 1. The van der Waals surface area contributed by atoms with Gasteiger partial charge in [0.25, 0.3) is 5.56 Å². The van der Waals surface area contributed by atoms with Gasteiger partial charge < -0.3 is 9.72 Å². The number of thioether (sulfide) groups is 1. The SMILES string of the molecule is COCCSCc1nc2scc(-c3ccccc3Cl)c2c(=O)[nH]1. The summed E-state index contributed by atoms with van der Waals surface area (Å²) in [4.78, 5) is 20.7. The second kappa shape index (κ2) is 7.49. The van der Waals surface area contributed by atoms with Crippen molar-refractivity contribution >= 4 is 44.9 Å². The Labute approximate surface area is 146 Å². The van der Waals surface area contributed by atoms with Gasteiger partial charge in [-0.05, 0) is 6.07 Å². The van der Waals surface area contributed by atoms with E-state index in [2.05, 4.69) is 9.97 Å². The van der Waals surface area contributed by atoms with E-state index in [0.29, 0.717) is 28.6 Å². The van der Waals surface area contributed by atoms with Gasteiger partial charge in [0, 0.05) is 34.4 Å². The van der Waals surface area contributed by atoms with Gasteiger partial charge in [-0.25, -0.2) is 4.98 Å². The zero-order valence-corrected chi connectivity index (χ0v) is 14.9. The Morgan fingerprint density at radius 2 is 2.17 bits per heavy atom. The summed E-state index contributed by atoms with van der Waals surface area (Å²) in [7, 11) is 1.68. The third-order valence-electron chi connectivity index (χ3n) is 3.33. The lowest BCUT2D eigenvalue weighted by molar-refractivity contribution is 0.218. The van der Waals surface area contributed by atoms with Crippen molar-refractivity contribution in [1.29, 1.82) is 0 Å². The molecule has 0 saturated carbocycles. The Bertz CT molecular complexity index is 876. The number of methoxy groups -OCH3 is 1. The highest BCUT2D eigenvalue weighted by molar-refractivity contribution is 7.98. The highest BCUT2D eigenvalue weighted by atomic mass is 35.5. The summed E-state index contributed by atoms with van der Waals surface area (Å²) < 4.78 is 5.01. The van der Waals surface area contributed by atoms with Crippen LogP contribution >= 0.6 is 34.7 Å². The summed E-state index contributed by atoms with van der Waals surface area (Å²) in [6.07, 6.45) is 0. The third-order valence-corrected chi connectivity index (χ3v) is 5.46. The number of rotatable bonds is 6. The normalized spacial score (nSPS) is 11.2. The standard InChI is InChI=1S/C16H15ClN2O2S2/c1-21-6-7-22-9-13-18-15(20)14-11(8-23-16(14)19-13)10-4-2-3-5-12(10)17/h2-5,8H,6-7,9H2,1H3,(H,18,19,20). The van der Waals surface area contributed by atoms with Gasteiger partial charge in [0.2, 0.25) is 0 Å². The molecule has 0 bridgehead atoms. The van der Waals surface area contributed by atoms with Gasteiger partial charge in [0.15, 0.2) is 0 Å². The van der Waals surface area contributed by atoms with Crippen molar-refractivity contribution in [3.05, 3.63) is 50.8 Å². The van der Waals surface area contributed by atoms with Crippen LogP contribution in [0.1, 0.15) is 5.82 Å². The first kappa shape index (κ1) is 16.5. The van der Waals surface area contributed by atoms with Crippen LogP contribution in [0.3, 0.4) is 0 Å². The number of hydrogen-bond acceptors (Lipinski definition) is 5. The zero-order chi connectivity index (χ0) is 16.2. The average molecular weight is 367 g/mol. The molecule has 1 N–H and O–H groups in total. The predicted molar refractivity (Wildman–Crippen MR) is 98.7 cm³/mol. The minimum Gasteiger partial charge on any atom is -0.384 e. The minimum absolute atomic E-state index is 0.117. The molecule has 0 unspecified atom stereocenters. The number of halogens is 1. The van der Waals surface area contributed by atoms with Crippen LogP contribution in [0.2, 0.25) is 5.02 Å². The number of benzene rings is 1. The lowest BCUT2D eigenvalue weighted by Gasteiger charge is -2.04. The Hall–Kier alpha value is -1.34. The van der Waals surface area contributed by atoms with Gasteiger partial charge >= 0.3 is 0 Å². The van der Waals surface area contributed by atoms with Crippen molar-refractivity contribution in [2.24, 2.45) is 0 Å². The van der Waals surface area contributed by atoms with E-state index in [1.807, 2.05) is 29.6 Å². The molecule has 0 atom stereocenters. The summed E-state index contributed by atoms with van der Waals surface area (Å²) in [6.45, 7) is 0.687. The second-order valence-electron chi connectivity index (χ2n) is 4.87. The van der Waals surface area contributed by atoms with Gasteiger partial charge in [0.05, 0.1) is 17.7 Å². The molecule has 2 heterocycles. The smallest absolute Gasteiger partial charge is 0.260 e. The van der Waals surface area contributed by atoms with Crippen LogP contribution in [0, 0.1) is 0 Å². The first-order valence-corrected chi connectivity index (χ1v) is 9.44. The monoisotopic (exact) mass is 366 g/mol. The highest BCUT2D eigenvalue weighted by Gasteiger charge is 2.14.